The maximum absolute atomic E-state index is 13.5. The van der Waals surface area contributed by atoms with Gasteiger partial charge in [0, 0.05) is 43.5 Å². The van der Waals surface area contributed by atoms with E-state index in [-0.39, 0.29) is 5.91 Å². The molecule has 31 heavy (non-hydrogen) atoms. The van der Waals surface area contributed by atoms with E-state index in [4.69, 9.17) is 4.98 Å². The van der Waals surface area contributed by atoms with Crippen LogP contribution in [0.5, 0.6) is 0 Å². The highest BCUT2D eigenvalue weighted by Crippen LogP contribution is 2.28. The van der Waals surface area contributed by atoms with Crippen molar-refractivity contribution in [2.24, 2.45) is 0 Å². The van der Waals surface area contributed by atoms with Crippen LogP contribution in [0.4, 0.5) is 0 Å². The van der Waals surface area contributed by atoms with Gasteiger partial charge in [0.05, 0.1) is 39.2 Å². The van der Waals surface area contributed by atoms with Gasteiger partial charge >= 0.3 is 0 Å². The van der Waals surface area contributed by atoms with Gasteiger partial charge in [-0.15, -0.1) is 0 Å². The molecule has 0 unspecified atom stereocenters. The minimum absolute atomic E-state index is 0.0710. The van der Waals surface area contributed by atoms with Crippen LogP contribution in [-0.4, -0.2) is 42.4 Å². The summed E-state index contributed by atoms with van der Waals surface area (Å²) < 4.78 is 4.64. The highest BCUT2D eigenvalue weighted by Gasteiger charge is 2.20. The number of halogens is 1. The lowest BCUT2D eigenvalue weighted by Gasteiger charge is -2.18. The van der Waals surface area contributed by atoms with Crippen molar-refractivity contribution in [3.63, 3.8) is 0 Å². The summed E-state index contributed by atoms with van der Waals surface area (Å²) in [4.78, 5) is 20.0. The molecule has 0 saturated heterocycles. The van der Waals surface area contributed by atoms with Gasteiger partial charge in [-0.25, -0.2) is 4.98 Å². The van der Waals surface area contributed by atoms with Crippen LogP contribution >= 0.6 is 15.9 Å². The molecule has 3 heterocycles. The Morgan fingerprint density at radius 2 is 1.81 bits per heavy atom. The van der Waals surface area contributed by atoms with Gasteiger partial charge in [0.2, 0.25) is 0 Å². The summed E-state index contributed by atoms with van der Waals surface area (Å²) >= 11 is 3.55. The van der Waals surface area contributed by atoms with Crippen molar-refractivity contribution in [2.45, 2.75) is 40.4 Å². The van der Waals surface area contributed by atoms with Crippen LogP contribution in [0.3, 0.4) is 0 Å². The summed E-state index contributed by atoms with van der Waals surface area (Å²) in [6, 6.07) is 9.63. The zero-order valence-corrected chi connectivity index (χ0v) is 19.7. The Labute approximate surface area is 189 Å². The molecule has 0 aliphatic rings. The second-order valence-electron chi connectivity index (χ2n) is 7.50. The van der Waals surface area contributed by atoms with E-state index in [1.807, 2.05) is 72.9 Å². The lowest BCUT2D eigenvalue weighted by atomic mass is 10.0. The molecular weight excluding hydrogens is 456 g/mol. The van der Waals surface area contributed by atoms with Crippen LogP contribution in [0.2, 0.25) is 0 Å². The number of amides is 1. The molecule has 0 fully saturated rings. The number of pyridine rings is 1. The average molecular weight is 481 g/mol. The molecule has 1 aromatic carbocycles. The second-order valence-corrected chi connectivity index (χ2v) is 8.35. The van der Waals surface area contributed by atoms with Gasteiger partial charge in [0.1, 0.15) is 0 Å². The fraction of sp³-hybridized carbons (Fsp3) is 0.304. The SMILES string of the molecule is CCn1cc(-c2cc(C(=O)N(C)Cc3nn(CC)cc3Br)c3ccccc3n2)c(C)n1. The van der Waals surface area contributed by atoms with Gasteiger partial charge < -0.3 is 4.90 Å². The highest BCUT2D eigenvalue weighted by atomic mass is 79.9. The predicted octanol–water partition coefficient (Wildman–Crippen LogP) is 4.68. The van der Waals surface area contributed by atoms with E-state index in [2.05, 4.69) is 26.1 Å². The number of nitrogens with zero attached hydrogens (tertiary/aromatic N) is 6. The van der Waals surface area contributed by atoms with E-state index >= 15 is 0 Å². The maximum atomic E-state index is 13.5. The number of hydrogen-bond acceptors (Lipinski definition) is 4. The number of carbonyl (C=O) groups excluding carboxylic acids is 1. The third-order valence-corrected chi connectivity index (χ3v) is 6.00. The van der Waals surface area contributed by atoms with E-state index in [9.17, 15) is 4.79 Å². The van der Waals surface area contributed by atoms with Crippen LogP contribution in [0, 0.1) is 6.92 Å². The van der Waals surface area contributed by atoms with Gasteiger partial charge in [-0.05, 0) is 48.8 Å². The summed E-state index contributed by atoms with van der Waals surface area (Å²) in [6.07, 6.45) is 3.92. The van der Waals surface area contributed by atoms with Crippen molar-refractivity contribution in [1.29, 1.82) is 0 Å². The topological polar surface area (TPSA) is 68.8 Å². The summed E-state index contributed by atoms with van der Waals surface area (Å²) in [5.41, 5.74) is 4.83. The van der Waals surface area contributed by atoms with Crippen molar-refractivity contribution < 1.29 is 4.79 Å². The monoisotopic (exact) mass is 480 g/mol. The van der Waals surface area contributed by atoms with Gasteiger partial charge in [-0.1, -0.05) is 18.2 Å². The average Bonchev–Trinajstić information content (AvgIpc) is 3.34. The van der Waals surface area contributed by atoms with Crippen LogP contribution in [0.1, 0.15) is 35.6 Å². The summed E-state index contributed by atoms with van der Waals surface area (Å²) in [7, 11) is 1.80. The zero-order chi connectivity index (χ0) is 22.1. The number of aromatic nitrogens is 5. The molecule has 8 heteroatoms. The number of carbonyl (C=O) groups is 1. The molecule has 160 valence electrons. The van der Waals surface area contributed by atoms with Crippen LogP contribution in [-0.2, 0) is 19.6 Å². The third-order valence-electron chi connectivity index (χ3n) is 5.34. The molecule has 0 aliphatic heterocycles. The lowest BCUT2D eigenvalue weighted by Crippen LogP contribution is -2.27. The smallest absolute Gasteiger partial charge is 0.254 e. The van der Waals surface area contributed by atoms with E-state index in [1.165, 1.54) is 0 Å². The molecule has 0 aliphatic carbocycles. The van der Waals surface area contributed by atoms with E-state index in [0.29, 0.717) is 12.1 Å². The standard InChI is InChI=1S/C23H25BrN6O/c1-5-29-12-18(15(3)26-29)21-11-17(16-9-7-8-10-20(16)25-21)23(31)28(4)14-22-19(24)13-30(6-2)27-22/h7-13H,5-6,14H2,1-4H3. The number of fused-ring (bicyclic) bond motifs is 1. The molecule has 4 aromatic rings. The van der Waals surface area contributed by atoms with E-state index in [1.54, 1.807) is 11.9 Å². The summed E-state index contributed by atoms with van der Waals surface area (Å²) in [6.45, 7) is 8.01. The minimum atomic E-state index is -0.0710. The summed E-state index contributed by atoms with van der Waals surface area (Å²) in [5.74, 6) is -0.0710. The fourth-order valence-electron chi connectivity index (χ4n) is 3.63. The molecule has 0 saturated carbocycles. The van der Waals surface area contributed by atoms with Crippen LogP contribution in [0.25, 0.3) is 22.2 Å². The maximum Gasteiger partial charge on any atom is 0.254 e. The van der Waals surface area contributed by atoms with Crippen molar-refractivity contribution >= 4 is 32.7 Å². The third kappa shape index (κ3) is 4.12. The first-order valence-electron chi connectivity index (χ1n) is 10.3. The lowest BCUT2D eigenvalue weighted by molar-refractivity contribution is 0.0785. The minimum Gasteiger partial charge on any atom is -0.336 e. The molecule has 3 aromatic heterocycles. The molecule has 0 atom stereocenters. The Bertz CT molecular complexity index is 1260. The number of benzene rings is 1. The van der Waals surface area contributed by atoms with Crippen molar-refractivity contribution in [1.82, 2.24) is 29.4 Å². The highest BCUT2D eigenvalue weighted by molar-refractivity contribution is 9.10. The second kappa shape index (κ2) is 8.63. The molecule has 0 spiro atoms. The Morgan fingerprint density at radius 3 is 2.48 bits per heavy atom. The van der Waals surface area contributed by atoms with Crippen molar-refractivity contribution in [3.8, 4) is 11.3 Å². The quantitative estimate of drug-likeness (QED) is 0.401. The molecule has 0 N–H and O–H groups in total. The van der Waals surface area contributed by atoms with Crippen LogP contribution in [0.15, 0.2) is 47.2 Å². The Balaban J connectivity index is 1.75. The number of para-hydroxylation sites is 1. The largest absolute Gasteiger partial charge is 0.336 e. The van der Waals surface area contributed by atoms with E-state index < -0.39 is 0 Å². The first-order chi connectivity index (χ1) is 14.9. The van der Waals surface area contributed by atoms with Crippen LogP contribution < -0.4 is 0 Å². The van der Waals surface area contributed by atoms with Gasteiger partial charge in [0.15, 0.2) is 0 Å². The zero-order valence-electron chi connectivity index (χ0n) is 18.1. The molecule has 0 bridgehead atoms. The normalized spacial score (nSPS) is 11.3. The summed E-state index contributed by atoms with van der Waals surface area (Å²) in [5, 5.41) is 9.92. The van der Waals surface area contributed by atoms with Crippen molar-refractivity contribution in [2.75, 3.05) is 7.05 Å². The predicted molar refractivity (Wildman–Crippen MR) is 125 cm³/mol. The number of aryl methyl sites for hydroxylation is 3. The first-order valence-corrected chi connectivity index (χ1v) is 11.1. The Morgan fingerprint density at radius 1 is 1.10 bits per heavy atom. The number of hydrogen-bond donors (Lipinski definition) is 0. The van der Waals surface area contributed by atoms with Gasteiger partial charge in [-0.3, -0.25) is 14.2 Å². The van der Waals surface area contributed by atoms with Gasteiger partial charge in [-0.2, -0.15) is 10.2 Å². The Hall–Kier alpha value is -3.00. The fourth-order valence-corrected chi connectivity index (χ4v) is 4.07. The molecular formula is C23H25BrN6O. The first kappa shape index (κ1) is 21.2. The molecule has 7 nitrogen and oxygen atoms in total. The van der Waals surface area contributed by atoms with E-state index in [0.717, 1.165) is 51.1 Å². The Kier molecular flexibility index (Phi) is 5.91. The van der Waals surface area contributed by atoms with Gasteiger partial charge in [0.25, 0.3) is 5.91 Å². The molecule has 0 radical (unpaired) electrons. The number of rotatable bonds is 6. The molecule has 1 amide bonds. The van der Waals surface area contributed by atoms with Crippen molar-refractivity contribution in [3.05, 3.63) is 64.1 Å². The molecule has 4 rings (SSSR count).